The Bertz CT molecular complexity index is 2290. The quantitative estimate of drug-likeness (QED) is 0.129. The molecule has 0 unspecified atom stereocenters. The lowest BCUT2D eigenvalue weighted by Gasteiger charge is -2.46. The van der Waals surface area contributed by atoms with Gasteiger partial charge >= 0.3 is 5.97 Å². The standard InChI is InChI=1S/C42H43Cl2N7O5/c1-49-12-8-42(9-13-49)10-14-50(15-11-42)40(53)33-6-2-5-32(39(33)44)31-4-3-7-37-34(31)23-48-51(37)24-30-18-38(56-26-28-16-27(19-45)20-46-21-28)29(17-35(30)43)22-47-36(25-52)41(54)55/h2-7,16-18,20-21,23,36,47,52H,8-15,22,24-26H2,1H3,(H,54,55)/t36-/m0/s1. The molecule has 56 heavy (non-hydrogen) atoms. The molecule has 2 fully saturated rings. The molecule has 0 aliphatic carbocycles. The molecule has 3 aromatic carbocycles. The molecule has 1 atom stereocenters. The number of amides is 1. The van der Waals surface area contributed by atoms with Gasteiger partial charge in [-0.15, -0.1) is 0 Å². The number of hydrogen-bond donors (Lipinski definition) is 3. The first-order valence-corrected chi connectivity index (χ1v) is 19.4. The number of benzene rings is 3. The molecular weight excluding hydrogens is 753 g/mol. The number of nitrogens with one attached hydrogen (secondary N) is 1. The van der Waals surface area contributed by atoms with Crippen molar-refractivity contribution in [1.29, 1.82) is 5.26 Å². The van der Waals surface area contributed by atoms with Crippen LogP contribution in [0.4, 0.5) is 0 Å². The Morgan fingerprint density at radius 3 is 2.45 bits per heavy atom. The predicted octanol–water partition coefficient (Wildman–Crippen LogP) is 6.39. The van der Waals surface area contributed by atoms with Crippen molar-refractivity contribution in [3.63, 3.8) is 0 Å². The lowest BCUT2D eigenvalue weighted by Crippen LogP contribution is -2.47. The molecule has 5 aromatic rings. The van der Waals surface area contributed by atoms with Crippen LogP contribution in [0.3, 0.4) is 0 Å². The van der Waals surface area contributed by atoms with Crippen LogP contribution in [0.25, 0.3) is 22.0 Å². The molecule has 7 rings (SSSR count). The first kappa shape index (κ1) is 39.2. The molecule has 0 radical (unpaired) electrons. The molecule has 14 heteroatoms. The van der Waals surface area contributed by atoms with Gasteiger partial charge in [0.1, 0.15) is 24.5 Å². The van der Waals surface area contributed by atoms with Crippen LogP contribution in [0.5, 0.6) is 5.75 Å². The molecule has 1 amide bonds. The molecule has 2 aliphatic heterocycles. The van der Waals surface area contributed by atoms with Crippen LogP contribution in [0.15, 0.2) is 73.2 Å². The average molecular weight is 797 g/mol. The predicted molar refractivity (Wildman–Crippen MR) is 214 cm³/mol. The van der Waals surface area contributed by atoms with Crippen LogP contribution < -0.4 is 10.1 Å². The van der Waals surface area contributed by atoms with Gasteiger partial charge < -0.3 is 24.7 Å². The topological polar surface area (TPSA) is 157 Å². The van der Waals surface area contributed by atoms with Gasteiger partial charge in [-0.3, -0.25) is 24.6 Å². The molecule has 12 nitrogen and oxygen atoms in total. The fourth-order valence-electron chi connectivity index (χ4n) is 7.76. The molecule has 0 bridgehead atoms. The van der Waals surface area contributed by atoms with E-state index in [1.807, 2.05) is 39.9 Å². The number of aliphatic hydroxyl groups excluding tert-OH is 1. The van der Waals surface area contributed by atoms with Gasteiger partial charge in [0.25, 0.3) is 5.91 Å². The van der Waals surface area contributed by atoms with Crippen LogP contribution in [0.1, 0.15) is 58.3 Å². The summed E-state index contributed by atoms with van der Waals surface area (Å²) in [5.74, 6) is -0.802. The number of pyridine rings is 1. The summed E-state index contributed by atoms with van der Waals surface area (Å²) in [6.07, 6.45) is 9.24. The van der Waals surface area contributed by atoms with Gasteiger partial charge in [-0.25, -0.2) is 0 Å². The molecule has 2 saturated heterocycles. The van der Waals surface area contributed by atoms with Crippen molar-refractivity contribution >= 4 is 46.0 Å². The lowest BCUT2D eigenvalue weighted by molar-refractivity contribution is -0.140. The van der Waals surface area contributed by atoms with Gasteiger partial charge in [-0.05, 0) is 92.7 Å². The highest BCUT2D eigenvalue weighted by Crippen LogP contribution is 2.42. The van der Waals surface area contributed by atoms with E-state index in [1.54, 1.807) is 36.7 Å². The van der Waals surface area contributed by atoms with E-state index >= 15 is 0 Å². The van der Waals surface area contributed by atoms with Crippen LogP contribution in [0.2, 0.25) is 10.0 Å². The number of aromatic nitrogens is 3. The number of aliphatic carboxylic acids is 1. The lowest BCUT2D eigenvalue weighted by atomic mass is 9.71. The summed E-state index contributed by atoms with van der Waals surface area (Å²) in [5.41, 5.74) is 5.57. The van der Waals surface area contributed by atoms with E-state index in [9.17, 15) is 25.1 Å². The molecule has 4 heterocycles. The number of nitriles is 1. The largest absolute Gasteiger partial charge is 0.489 e. The fourth-order valence-corrected chi connectivity index (χ4v) is 8.31. The first-order chi connectivity index (χ1) is 27.1. The minimum Gasteiger partial charge on any atom is -0.489 e. The van der Waals surface area contributed by atoms with Crippen molar-refractivity contribution in [2.75, 3.05) is 39.8 Å². The third kappa shape index (κ3) is 8.38. The Kier molecular flexibility index (Phi) is 11.9. The van der Waals surface area contributed by atoms with Crippen LogP contribution in [0, 0.1) is 16.7 Å². The number of fused-ring (bicyclic) bond motifs is 1. The number of rotatable bonds is 12. The number of carbonyl (C=O) groups is 2. The number of carboxylic acid groups (broad SMARTS) is 1. The number of carbonyl (C=O) groups excluding carboxylic acids is 1. The second-order valence-electron chi connectivity index (χ2n) is 14.8. The summed E-state index contributed by atoms with van der Waals surface area (Å²) in [6, 6.07) is 17.5. The highest BCUT2D eigenvalue weighted by atomic mass is 35.5. The number of ether oxygens (including phenoxy) is 1. The van der Waals surface area contributed by atoms with E-state index in [4.69, 9.17) is 33.0 Å². The van der Waals surface area contributed by atoms with Crippen molar-refractivity contribution in [2.45, 2.75) is 51.4 Å². The summed E-state index contributed by atoms with van der Waals surface area (Å²) >= 11 is 13.9. The molecule has 290 valence electrons. The zero-order valence-corrected chi connectivity index (χ0v) is 32.6. The maximum Gasteiger partial charge on any atom is 0.323 e. The molecule has 0 saturated carbocycles. The Labute approximate surface area is 335 Å². The van der Waals surface area contributed by atoms with Gasteiger partial charge in [0.2, 0.25) is 0 Å². The smallest absolute Gasteiger partial charge is 0.323 e. The second kappa shape index (κ2) is 17.0. The Hall–Kier alpha value is -5.03. The van der Waals surface area contributed by atoms with E-state index in [0.717, 1.165) is 61.1 Å². The Morgan fingerprint density at radius 2 is 1.71 bits per heavy atom. The van der Waals surface area contributed by atoms with Gasteiger partial charge in [0.05, 0.1) is 41.0 Å². The van der Waals surface area contributed by atoms with Crippen LogP contribution in [-0.2, 0) is 24.5 Å². The number of carboxylic acids is 1. The highest BCUT2D eigenvalue weighted by molar-refractivity contribution is 6.37. The fraction of sp³-hybridized carbons (Fsp3) is 0.357. The Morgan fingerprint density at radius 1 is 0.982 bits per heavy atom. The van der Waals surface area contributed by atoms with Crippen molar-refractivity contribution in [2.24, 2.45) is 5.41 Å². The van der Waals surface area contributed by atoms with Gasteiger partial charge in [-0.2, -0.15) is 10.4 Å². The van der Waals surface area contributed by atoms with E-state index in [0.29, 0.717) is 49.0 Å². The summed E-state index contributed by atoms with van der Waals surface area (Å²) in [4.78, 5) is 33.9. The van der Waals surface area contributed by atoms with Crippen molar-refractivity contribution < 1.29 is 24.5 Å². The number of halogens is 2. The minimum absolute atomic E-state index is 0.0438. The van der Waals surface area contributed by atoms with Gasteiger partial charge in [0.15, 0.2) is 0 Å². The van der Waals surface area contributed by atoms with Crippen molar-refractivity contribution in [3.8, 4) is 22.9 Å². The molecule has 1 spiro atoms. The number of hydrogen-bond acceptors (Lipinski definition) is 9. The van der Waals surface area contributed by atoms with E-state index in [1.165, 1.54) is 19.0 Å². The third-order valence-electron chi connectivity index (χ3n) is 11.3. The molecular formula is C42H43Cl2N7O5. The SMILES string of the molecule is CN1CCC2(CC1)CCN(C(=O)c1cccc(-c3cccc4c3cnn4Cc3cc(OCc4cncc(C#N)c4)c(CN[C@@H](CO)C(=O)O)cc3Cl)c1Cl)CC2. The Balaban J connectivity index is 1.13. The maximum atomic E-state index is 13.9. The summed E-state index contributed by atoms with van der Waals surface area (Å²) < 4.78 is 8.04. The summed E-state index contributed by atoms with van der Waals surface area (Å²) in [5, 5.41) is 37.5. The third-order valence-corrected chi connectivity index (χ3v) is 12.0. The maximum absolute atomic E-state index is 13.9. The van der Waals surface area contributed by atoms with Gasteiger partial charge in [-0.1, -0.05) is 47.5 Å². The van der Waals surface area contributed by atoms with Crippen LogP contribution in [-0.4, -0.2) is 92.5 Å². The minimum atomic E-state index is -1.19. The van der Waals surface area contributed by atoms with Crippen molar-refractivity contribution in [1.82, 2.24) is 29.9 Å². The summed E-state index contributed by atoms with van der Waals surface area (Å²) in [7, 11) is 2.18. The normalized spacial score (nSPS) is 16.2. The first-order valence-electron chi connectivity index (χ1n) is 18.6. The zero-order valence-electron chi connectivity index (χ0n) is 31.0. The number of likely N-dealkylation sites (tertiary alicyclic amines) is 2. The van der Waals surface area contributed by atoms with E-state index in [-0.39, 0.29) is 25.6 Å². The molecule has 2 aliphatic rings. The van der Waals surface area contributed by atoms with Gasteiger partial charge in [0, 0.05) is 59.1 Å². The van der Waals surface area contributed by atoms with Crippen LogP contribution >= 0.6 is 23.2 Å². The molecule has 2 aromatic heterocycles. The zero-order chi connectivity index (χ0) is 39.4. The highest BCUT2D eigenvalue weighted by Gasteiger charge is 2.38. The monoisotopic (exact) mass is 795 g/mol. The average Bonchev–Trinajstić information content (AvgIpc) is 3.62. The van der Waals surface area contributed by atoms with E-state index in [2.05, 4.69) is 28.3 Å². The van der Waals surface area contributed by atoms with Crippen molar-refractivity contribution in [3.05, 3.63) is 111 Å². The van der Waals surface area contributed by atoms with E-state index < -0.39 is 18.6 Å². The number of aliphatic hydroxyl groups is 1. The molecule has 3 N–H and O–H groups in total. The number of piperidine rings is 2. The summed E-state index contributed by atoms with van der Waals surface area (Å²) in [6.45, 7) is 3.50. The second-order valence-corrected chi connectivity index (χ2v) is 15.6. The number of nitrogens with zero attached hydrogens (tertiary/aromatic N) is 6.